The molecule has 2 aromatic heterocycles. The largest absolute Gasteiger partial charge is 0.497 e. The molecule has 7 nitrogen and oxygen atoms in total. The number of rotatable bonds is 5. The van der Waals surface area contributed by atoms with Gasteiger partial charge in [0.2, 0.25) is 0 Å². The van der Waals surface area contributed by atoms with E-state index in [9.17, 15) is 0 Å². The fourth-order valence-electron chi connectivity index (χ4n) is 4.14. The molecule has 5 rings (SSSR count). The molecular weight excluding hydrogens is 378 g/mol. The third-order valence-corrected chi connectivity index (χ3v) is 5.64. The lowest BCUT2D eigenvalue weighted by Gasteiger charge is -2.36. The minimum absolute atomic E-state index is 0.645. The van der Waals surface area contributed by atoms with Crippen LogP contribution in [0, 0.1) is 0 Å². The summed E-state index contributed by atoms with van der Waals surface area (Å²) in [6, 6.07) is 14.3. The maximum absolute atomic E-state index is 5.67. The molecule has 4 aromatic rings. The number of nitrogens with zero attached hydrogens (tertiary/aromatic N) is 4. The second kappa shape index (κ2) is 7.74. The zero-order valence-corrected chi connectivity index (χ0v) is 17.3. The van der Waals surface area contributed by atoms with Gasteiger partial charge in [0, 0.05) is 48.8 Å². The van der Waals surface area contributed by atoms with Gasteiger partial charge in [-0.3, -0.25) is 0 Å². The van der Waals surface area contributed by atoms with E-state index in [1.54, 1.807) is 13.4 Å². The first kappa shape index (κ1) is 18.5. The van der Waals surface area contributed by atoms with Crippen LogP contribution in [0.5, 0.6) is 11.5 Å². The van der Waals surface area contributed by atoms with Gasteiger partial charge in [-0.05, 0) is 37.3 Å². The van der Waals surface area contributed by atoms with E-state index in [0.29, 0.717) is 6.61 Å². The molecule has 0 radical (unpaired) electrons. The van der Waals surface area contributed by atoms with Crippen molar-refractivity contribution in [1.82, 2.24) is 15.0 Å². The molecule has 30 heavy (non-hydrogen) atoms. The molecule has 1 aliphatic rings. The van der Waals surface area contributed by atoms with Gasteiger partial charge < -0.3 is 24.3 Å². The maximum Gasteiger partial charge on any atom is 0.156 e. The first-order valence-electron chi connectivity index (χ1n) is 10.3. The number of methoxy groups -OCH3 is 1. The van der Waals surface area contributed by atoms with Crippen molar-refractivity contribution >= 4 is 33.4 Å². The van der Waals surface area contributed by atoms with Gasteiger partial charge in [0.05, 0.1) is 13.7 Å². The van der Waals surface area contributed by atoms with Crippen molar-refractivity contribution in [3.8, 4) is 11.5 Å². The van der Waals surface area contributed by atoms with Crippen LogP contribution in [0.2, 0.25) is 0 Å². The molecule has 154 valence electrons. The van der Waals surface area contributed by atoms with E-state index in [4.69, 9.17) is 9.47 Å². The molecule has 0 atom stereocenters. The molecule has 0 saturated carbocycles. The van der Waals surface area contributed by atoms with Crippen LogP contribution >= 0.6 is 0 Å². The van der Waals surface area contributed by atoms with Gasteiger partial charge >= 0.3 is 0 Å². The lowest BCUT2D eigenvalue weighted by Crippen LogP contribution is -2.47. The third-order valence-electron chi connectivity index (χ3n) is 5.64. The molecule has 0 unspecified atom stereocenters. The van der Waals surface area contributed by atoms with Crippen LogP contribution in [0.4, 0.5) is 11.5 Å². The summed E-state index contributed by atoms with van der Waals surface area (Å²) in [6.07, 6.45) is 1.66. The Morgan fingerprint density at radius 1 is 0.967 bits per heavy atom. The molecule has 1 saturated heterocycles. The second-order valence-corrected chi connectivity index (χ2v) is 7.36. The topological polar surface area (TPSA) is 66.5 Å². The number of ether oxygens (including phenoxy) is 2. The number of benzene rings is 2. The molecule has 0 amide bonds. The summed E-state index contributed by atoms with van der Waals surface area (Å²) >= 11 is 0. The van der Waals surface area contributed by atoms with Gasteiger partial charge in [-0.25, -0.2) is 9.97 Å². The lowest BCUT2D eigenvalue weighted by atomic mass is 10.2. The first-order valence-corrected chi connectivity index (χ1v) is 10.3. The Kier molecular flexibility index (Phi) is 4.78. The fourth-order valence-corrected chi connectivity index (χ4v) is 4.14. The summed E-state index contributed by atoms with van der Waals surface area (Å²) < 4.78 is 11.0. The fraction of sp³-hybridized carbons (Fsp3) is 0.304. The van der Waals surface area contributed by atoms with Crippen LogP contribution < -0.4 is 19.3 Å². The summed E-state index contributed by atoms with van der Waals surface area (Å²) in [7, 11) is 1.70. The highest BCUT2D eigenvalue weighted by Crippen LogP contribution is 2.32. The molecule has 0 spiro atoms. The summed E-state index contributed by atoms with van der Waals surface area (Å²) in [6.45, 7) is 6.27. The lowest BCUT2D eigenvalue weighted by molar-refractivity contribution is 0.341. The number of aromatic amines is 1. The van der Waals surface area contributed by atoms with Crippen molar-refractivity contribution in [3.05, 3.63) is 48.8 Å². The standard InChI is InChI=1S/C23H25N5O2/c1-3-30-18-7-8-20-19(14-18)21-22(26-20)23(25-15-24-21)28-11-9-27(10-12-28)16-5-4-6-17(13-16)29-2/h4-8,13-15,26H,3,9-12H2,1-2H3. The Hall–Kier alpha value is -3.48. The summed E-state index contributed by atoms with van der Waals surface area (Å²) in [5, 5.41) is 1.06. The molecule has 0 bridgehead atoms. The van der Waals surface area contributed by atoms with E-state index in [1.165, 1.54) is 5.69 Å². The van der Waals surface area contributed by atoms with Crippen LogP contribution in [-0.4, -0.2) is 54.8 Å². The summed E-state index contributed by atoms with van der Waals surface area (Å²) in [5.41, 5.74) is 4.16. The smallest absolute Gasteiger partial charge is 0.156 e. The number of anilines is 2. The van der Waals surface area contributed by atoms with Gasteiger partial charge in [-0.15, -0.1) is 0 Å². The zero-order chi connectivity index (χ0) is 20.5. The minimum atomic E-state index is 0.645. The van der Waals surface area contributed by atoms with Gasteiger partial charge in [0.15, 0.2) is 5.82 Å². The van der Waals surface area contributed by atoms with Crippen molar-refractivity contribution in [1.29, 1.82) is 0 Å². The summed E-state index contributed by atoms with van der Waals surface area (Å²) in [5.74, 6) is 2.70. The van der Waals surface area contributed by atoms with Gasteiger partial charge in [-0.2, -0.15) is 0 Å². The van der Waals surface area contributed by atoms with Crippen LogP contribution in [0.15, 0.2) is 48.8 Å². The predicted octanol–water partition coefficient (Wildman–Crippen LogP) is 3.85. The minimum Gasteiger partial charge on any atom is -0.497 e. The SMILES string of the molecule is CCOc1ccc2[nH]c3c(N4CCN(c5cccc(OC)c5)CC4)ncnc3c2c1. The van der Waals surface area contributed by atoms with Crippen molar-refractivity contribution < 1.29 is 9.47 Å². The normalized spacial score (nSPS) is 14.5. The molecule has 1 aliphatic heterocycles. The quantitative estimate of drug-likeness (QED) is 0.546. The number of piperazine rings is 1. The van der Waals surface area contributed by atoms with E-state index in [1.807, 2.05) is 31.2 Å². The van der Waals surface area contributed by atoms with Crippen molar-refractivity contribution in [3.63, 3.8) is 0 Å². The monoisotopic (exact) mass is 403 g/mol. The maximum atomic E-state index is 5.67. The number of aromatic nitrogens is 3. The molecule has 1 fully saturated rings. The molecule has 7 heteroatoms. The highest BCUT2D eigenvalue weighted by molar-refractivity contribution is 6.08. The van der Waals surface area contributed by atoms with Crippen LogP contribution in [0.3, 0.4) is 0 Å². The Morgan fingerprint density at radius 3 is 2.60 bits per heavy atom. The average Bonchev–Trinajstić information content (AvgIpc) is 3.18. The van der Waals surface area contributed by atoms with E-state index in [0.717, 1.165) is 65.4 Å². The molecular formula is C23H25N5O2. The van der Waals surface area contributed by atoms with Crippen molar-refractivity contribution in [2.75, 3.05) is 49.7 Å². The second-order valence-electron chi connectivity index (χ2n) is 7.36. The predicted molar refractivity (Wildman–Crippen MR) is 120 cm³/mol. The Balaban J connectivity index is 1.42. The van der Waals surface area contributed by atoms with Gasteiger partial charge in [-0.1, -0.05) is 6.07 Å². The van der Waals surface area contributed by atoms with E-state index < -0.39 is 0 Å². The van der Waals surface area contributed by atoms with Crippen molar-refractivity contribution in [2.24, 2.45) is 0 Å². The average molecular weight is 403 g/mol. The number of nitrogens with one attached hydrogen (secondary N) is 1. The Labute approximate surface area is 175 Å². The van der Waals surface area contributed by atoms with Crippen LogP contribution in [-0.2, 0) is 0 Å². The Morgan fingerprint density at radius 2 is 1.80 bits per heavy atom. The third kappa shape index (κ3) is 3.26. The van der Waals surface area contributed by atoms with Crippen molar-refractivity contribution in [2.45, 2.75) is 6.92 Å². The number of H-pyrrole nitrogens is 1. The number of hydrogen-bond acceptors (Lipinski definition) is 6. The molecule has 3 heterocycles. The van der Waals surface area contributed by atoms with E-state index >= 15 is 0 Å². The van der Waals surface area contributed by atoms with Gasteiger partial charge in [0.1, 0.15) is 28.9 Å². The summed E-state index contributed by atoms with van der Waals surface area (Å²) in [4.78, 5) is 17.4. The molecule has 1 N–H and O–H groups in total. The molecule has 2 aromatic carbocycles. The highest BCUT2D eigenvalue weighted by Gasteiger charge is 2.22. The number of hydrogen-bond donors (Lipinski definition) is 1. The van der Waals surface area contributed by atoms with Gasteiger partial charge in [0.25, 0.3) is 0 Å². The molecule has 0 aliphatic carbocycles. The van der Waals surface area contributed by atoms with Crippen LogP contribution in [0.25, 0.3) is 21.9 Å². The first-order chi connectivity index (χ1) is 14.8. The highest BCUT2D eigenvalue weighted by atomic mass is 16.5. The zero-order valence-electron chi connectivity index (χ0n) is 17.3. The van der Waals surface area contributed by atoms with E-state index in [-0.39, 0.29) is 0 Å². The van der Waals surface area contributed by atoms with Crippen LogP contribution in [0.1, 0.15) is 6.92 Å². The number of fused-ring (bicyclic) bond motifs is 3. The Bertz CT molecular complexity index is 1180. The van der Waals surface area contributed by atoms with E-state index in [2.05, 4.69) is 43.0 Å².